The highest BCUT2D eigenvalue weighted by atomic mass is 16.6. The van der Waals surface area contributed by atoms with Gasteiger partial charge in [0.2, 0.25) is 0 Å². The van der Waals surface area contributed by atoms with Crippen LogP contribution in [0.5, 0.6) is 11.5 Å². The third kappa shape index (κ3) is 7.30. The third-order valence-corrected chi connectivity index (χ3v) is 3.44. The van der Waals surface area contributed by atoms with Gasteiger partial charge in [-0.05, 0) is 44.5 Å². The average Bonchev–Trinajstić information content (AvgIpc) is 2.63. The van der Waals surface area contributed by atoms with Crippen LogP contribution in [0.3, 0.4) is 0 Å². The van der Waals surface area contributed by atoms with Gasteiger partial charge in [-0.3, -0.25) is 4.79 Å². The highest BCUT2D eigenvalue weighted by molar-refractivity contribution is 6.20. The van der Waals surface area contributed by atoms with Crippen molar-refractivity contribution in [2.75, 3.05) is 27.9 Å². The molecule has 154 valence electrons. The maximum Gasteiger partial charge on any atom is 0.407 e. The van der Waals surface area contributed by atoms with E-state index in [4.69, 9.17) is 18.9 Å². The molecular formula is C20H27NO7. The van der Waals surface area contributed by atoms with E-state index < -0.39 is 23.4 Å². The van der Waals surface area contributed by atoms with E-state index in [1.54, 1.807) is 39.0 Å². The van der Waals surface area contributed by atoms with Crippen LogP contribution < -0.4 is 14.8 Å². The molecule has 8 heteroatoms. The number of hydrogen-bond donors (Lipinski definition) is 1. The van der Waals surface area contributed by atoms with Crippen molar-refractivity contribution in [2.45, 2.75) is 32.8 Å². The standard InChI is InChI=1S/C20H27NO7/c1-20(2,3)28-19(24)21-10-9-15(22)14(18(23)27-6)11-13-7-8-16(25-4)17(12-13)26-5/h7-8,11-12H,9-10H2,1-6H3,(H,21,24)/b14-11+. The maximum absolute atomic E-state index is 12.5. The Balaban J connectivity index is 2.90. The molecule has 1 rings (SSSR count). The van der Waals surface area contributed by atoms with Gasteiger partial charge in [-0.15, -0.1) is 0 Å². The molecule has 1 amide bonds. The van der Waals surface area contributed by atoms with Crippen molar-refractivity contribution in [3.8, 4) is 11.5 Å². The third-order valence-electron chi connectivity index (χ3n) is 3.44. The van der Waals surface area contributed by atoms with Crippen LogP contribution in [0.4, 0.5) is 4.79 Å². The van der Waals surface area contributed by atoms with Crippen LogP contribution in [0, 0.1) is 0 Å². The second-order valence-corrected chi connectivity index (χ2v) is 6.77. The minimum atomic E-state index is -0.767. The lowest BCUT2D eigenvalue weighted by atomic mass is 10.0. The van der Waals surface area contributed by atoms with Crippen LogP contribution in [-0.2, 0) is 19.1 Å². The molecule has 0 aromatic heterocycles. The van der Waals surface area contributed by atoms with Gasteiger partial charge in [0, 0.05) is 13.0 Å². The molecule has 0 saturated carbocycles. The van der Waals surface area contributed by atoms with Crippen LogP contribution in [0.2, 0.25) is 0 Å². The van der Waals surface area contributed by atoms with Gasteiger partial charge in [-0.25, -0.2) is 9.59 Å². The Morgan fingerprint density at radius 2 is 1.68 bits per heavy atom. The lowest BCUT2D eigenvalue weighted by molar-refractivity contribution is -0.137. The van der Waals surface area contributed by atoms with Gasteiger partial charge < -0.3 is 24.3 Å². The molecule has 0 fully saturated rings. The molecule has 0 spiro atoms. The van der Waals surface area contributed by atoms with Gasteiger partial charge in [0.05, 0.1) is 21.3 Å². The zero-order valence-electron chi connectivity index (χ0n) is 17.1. The molecule has 0 aliphatic carbocycles. The lowest BCUT2D eigenvalue weighted by Gasteiger charge is -2.19. The van der Waals surface area contributed by atoms with Crippen LogP contribution in [0.25, 0.3) is 6.08 Å². The van der Waals surface area contributed by atoms with Crippen molar-refractivity contribution >= 4 is 23.9 Å². The number of carbonyl (C=O) groups is 3. The van der Waals surface area contributed by atoms with Gasteiger partial charge in [0.15, 0.2) is 17.3 Å². The van der Waals surface area contributed by atoms with E-state index in [9.17, 15) is 14.4 Å². The summed E-state index contributed by atoms with van der Waals surface area (Å²) in [6, 6.07) is 4.97. The number of amides is 1. The lowest BCUT2D eigenvalue weighted by Crippen LogP contribution is -2.34. The molecule has 0 aliphatic heterocycles. The molecule has 1 N–H and O–H groups in total. The summed E-state index contributed by atoms with van der Waals surface area (Å²) >= 11 is 0. The highest BCUT2D eigenvalue weighted by Crippen LogP contribution is 2.28. The molecule has 0 aliphatic rings. The molecule has 0 saturated heterocycles. The van der Waals surface area contributed by atoms with Gasteiger partial charge in [-0.1, -0.05) is 6.07 Å². The number of methoxy groups -OCH3 is 3. The fraction of sp³-hybridized carbons (Fsp3) is 0.450. The van der Waals surface area contributed by atoms with Crippen molar-refractivity contribution in [1.29, 1.82) is 0 Å². The summed E-state index contributed by atoms with van der Waals surface area (Å²) in [6.07, 6.45) is 0.681. The van der Waals surface area contributed by atoms with Crippen molar-refractivity contribution < 1.29 is 33.3 Å². The summed E-state index contributed by atoms with van der Waals surface area (Å²) in [4.78, 5) is 36.2. The molecule has 0 bridgehead atoms. The van der Waals surface area contributed by atoms with Crippen molar-refractivity contribution in [3.05, 3.63) is 29.3 Å². The van der Waals surface area contributed by atoms with Gasteiger partial charge >= 0.3 is 12.1 Å². The number of ketones is 1. The number of nitrogens with one attached hydrogen (secondary N) is 1. The first-order valence-corrected chi connectivity index (χ1v) is 8.63. The Kier molecular flexibility index (Phi) is 8.50. The number of benzene rings is 1. The molecule has 0 radical (unpaired) electrons. The smallest absolute Gasteiger partial charge is 0.407 e. The highest BCUT2D eigenvalue weighted by Gasteiger charge is 2.20. The normalized spacial score (nSPS) is 11.4. The first-order chi connectivity index (χ1) is 13.1. The van der Waals surface area contributed by atoms with Gasteiger partial charge in [0.1, 0.15) is 11.2 Å². The van der Waals surface area contributed by atoms with Crippen LogP contribution in [-0.4, -0.2) is 51.3 Å². The van der Waals surface area contributed by atoms with Crippen molar-refractivity contribution in [2.24, 2.45) is 0 Å². The summed E-state index contributed by atoms with van der Waals surface area (Å²) in [5, 5.41) is 2.48. The van der Waals surface area contributed by atoms with Crippen molar-refractivity contribution in [1.82, 2.24) is 5.32 Å². The van der Waals surface area contributed by atoms with E-state index in [1.165, 1.54) is 27.4 Å². The fourth-order valence-corrected chi connectivity index (χ4v) is 2.20. The van der Waals surface area contributed by atoms with E-state index in [0.29, 0.717) is 17.1 Å². The number of hydrogen-bond acceptors (Lipinski definition) is 7. The Bertz CT molecular complexity index is 747. The SMILES string of the molecule is COC(=O)/C(=C/c1ccc(OC)c(OC)c1)C(=O)CCNC(=O)OC(C)(C)C. The maximum atomic E-state index is 12.5. The quantitative estimate of drug-likeness (QED) is 0.314. The second kappa shape index (κ2) is 10.3. The van der Waals surface area contributed by atoms with Crippen LogP contribution in [0.1, 0.15) is 32.8 Å². The van der Waals surface area contributed by atoms with Gasteiger partial charge in [-0.2, -0.15) is 0 Å². The van der Waals surface area contributed by atoms with E-state index in [0.717, 1.165) is 0 Å². The Labute approximate surface area is 164 Å². The van der Waals surface area contributed by atoms with Gasteiger partial charge in [0.25, 0.3) is 0 Å². The summed E-state index contributed by atoms with van der Waals surface area (Å²) in [6.45, 7) is 5.23. The number of Topliss-reactive ketones (excluding diaryl/α,β-unsaturated/α-hetero) is 1. The molecule has 8 nitrogen and oxygen atoms in total. The summed E-state index contributed by atoms with van der Waals surface area (Å²) in [5.74, 6) is -0.263. The Morgan fingerprint density at radius 1 is 1.04 bits per heavy atom. The number of carbonyl (C=O) groups excluding carboxylic acids is 3. The number of esters is 1. The summed E-state index contributed by atoms with van der Waals surface area (Å²) < 4.78 is 20.2. The van der Waals surface area contributed by atoms with Crippen LogP contribution >= 0.6 is 0 Å². The minimum absolute atomic E-state index is 0.0218. The Hall–Kier alpha value is -3.03. The minimum Gasteiger partial charge on any atom is -0.493 e. The molecular weight excluding hydrogens is 366 g/mol. The summed E-state index contributed by atoms with van der Waals surface area (Å²) in [5.41, 5.74) is -0.217. The molecule has 1 aromatic rings. The monoisotopic (exact) mass is 393 g/mol. The molecule has 0 heterocycles. The molecule has 1 aromatic carbocycles. The zero-order valence-corrected chi connectivity index (χ0v) is 17.1. The Morgan fingerprint density at radius 3 is 2.21 bits per heavy atom. The zero-order chi connectivity index (χ0) is 21.3. The second-order valence-electron chi connectivity index (χ2n) is 6.77. The number of ether oxygens (including phenoxy) is 4. The predicted molar refractivity (Wildman–Crippen MR) is 103 cm³/mol. The van der Waals surface area contributed by atoms with Crippen molar-refractivity contribution in [3.63, 3.8) is 0 Å². The van der Waals surface area contributed by atoms with Crippen LogP contribution in [0.15, 0.2) is 23.8 Å². The first kappa shape index (κ1) is 23.0. The average molecular weight is 393 g/mol. The fourth-order valence-electron chi connectivity index (χ4n) is 2.20. The van der Waals surface area contributed by atoms with E-state index >= 15 is 0 Å². The first-order valence-electron chi connectivity index (χ1n) is 8.63. The van der Waals surface area contributed by atoms with E-state index in [-0.39, 0.29) is 18.5 Å². The molecule has 28 heavy (non-hydrogen) atoms. The molecule has 0 atom stereocenters. The number of rotatable bonds is 8. The summed E-state index contributed by atoms with van der Waals surface area (Å²) in [7, 11) is 4.19. The van der Waals surface area contributed by atoms with E-state index in [2.05, 4.69) is 5.32 Å². The largest absolute Gasteiger partial charge is 0.493 e. The van der Waals surface area contributed by atoms with E-state index in [1.807, 2.05) is 0 Å². The topological polar surface area (TPSA) is 100 Å². The number of alkyl carbamates (subject to hydrolysis) is 1. The predicted octanol–water partition coefficient (Wildman–Crippen LogP) is 2.74. The molecule has 0 unspecified atom stereocenters.